The van der Waals surface area contributed by atoms with Crippen molar-refractivity contribution in [2.75, 3.05) is 5.32 Å². The lowest BCUT2D eigenvalue weighted by Gasteiger charge is -2.11. The molecular formula is C20H15ClN4O2S2. The van der Waals surface area contributed by atoms with Gasteiger partial charge in [-0.05, 0) is 42.0 Å². The van der Waals surface area contributed by atoms with Gasteiger partial charge in [0.15, 0.2) is 11.6 Å². The van der Waals surface area contributed by atoms with Crippen LogP contribution in [0.1, 0.15) is 11.3 Å². The third kappa shape index (κ3) is 5.17. The minimum Gasteiger partial charge on any atom is -0.485 e. The first-order valence-electron chi connectivity index (χ1n) is 8.64. The van der Waals surface area contributed by atoms with Gasteiger partial charge in [0, 0.05) is 24.0 Å². The molecule has 0 aliphatic rings. The standard InChI is InChI=1S/C20H15ClN4O2S2/c21-17-4-3-16(29-17)20-24-14(12-28-20)10-18(26)25-19-15(2-1-7-23-19)27-11-13-5-8-22-9-6-13/h1-9,12H,10-11H2,(H,23,25,26). The van der Waals surface area contributed by atoms with E-state index in [1.54, 1.807) is 30.7 Å². The number of ether oxygens (including phenoxy) is 1. The van der Waals surface area contributed by atoms with Gasteiger partial charge in [-0.25, -0.2) is 9.97 Å². The number of nitrogens with zero attached hydrogens (tertiary/aromatic N) is 3. The molecule has 0 unspecified atom stereocenters. The Morgan fingerprint density at radius 2 is 2.00 bits per heavy atom. The predicted octanol–water partition coefficient (Wildman–Crippen LogP) is 5.08. The van der Waals surface area contributed by atoms with Gasteiger partial charge >= 0.3 is 0 Å². The van der Waals surface area contributed by atoms with Crippen LogP contribution in [0.5, 0.6) is 5.75 Å². The topological polar surface area (TPSA) is 77.0 Å². The Morgan fingerprint density at radius 3 is 2.79 bits per heavy atom. The number of thiazole rings is 1. The van der Waals surface area contributed by atoms with Gasteiger partial charge in [0.25, 0.3) is 0 Å². The van der Waals surface area contributed by atoms with Crippen molar-refractivity contribution < 1.29 is 9.53 Å². The van der Waals surface area contributed by atoms with Gasteiger partial charge < -0.3 is 10.1 Å². The SMILES string of the molecule is O=C(Cc1csc(-c2ccc(Cl)s2)n1)Nc1ncccc1OCc1ccncc1. The summed E-state index contributed by atoms with van der Waals surface area (Å²) >= 11 is 8.93. The number of carbonyl (C=O) groups is 1. The molecule has 4 aromatic rings. The van der Waals surface area contributed by atoms with Gasteiger partial charge in [0.2, 0.25) is 5.91 Å². The number of hydrogen-bond donors (Lipinski definition) is 1. The average molecular weight is 443 g/mol. The first kappa shape index (κ1) is 19.5. The number of aromatic nitrogens is 3. The van der Waals surface area contributed by atoms with E-state index in [2.05, 4.69) is 20.3 Å². The van der Waals surface area contributed by atoms with E-state index in [0.29, 0.717) is 28.2 Å². The Labute approximate surface area is 180 Å². The lowest BCUT2D eigenvalue weighted by molar-refractivity contribution is -0.115. The molecule has 4 heterocycles. The van der Waals surface area contributed by atoms with Crippen LogP contribution in [0, 0.1) is 0 Å². The summed E-state index contributed by atoms with van der Waals surface area (Å²) < 4.78 is 6.52. The second kappa shape index (κ2) is 9.13. The maximum absolute atomic E-state index is 12.5. The van der Waals surface area contributed by atoms with Gasteiger partial charge in [-0.1, -0.05) is 11.6 Å². The van der Waals surface area contributed by atoms with Crippen molar-refractivity contribution in [2.45, 2.75) is 13.0 Å². The maximum Gasteiger partial charge on any atom is 0.231 e. The Balaban J connectivity index is 1.39. The molecule has 0 saturated heterocycles. The van der Waals surface area contributed by atoms with E-state index >= 15 is 0 Å². The molecule has 0 bridgehead atoms. The molecule has 0 atom stereocenters. The maximum atomic E-state index is 12.5. The molecule has 0 aromatic carbocycles. The van der Waals surface area contributed by atoms with Crippen LogP contribution in [0.3, 0.4) is 0 Å². The van der Waals surface area contributed by atoms with E-state index in [0.717, 1.165) is 15.4 Å². The molecule has 1 N–H and O–H groups in total. The highest BCUT2D eigenvalue weighted by Gasteiger charge is 2.13. The van der Waals surface area contributed by atoms with Crippen molar-refractivity contribution >= 4 is 46.0 Å². The zero-order valence-corrected chi connectivity index (χ0v) is 17.4. The van der Waals surface area contributed by atoms with Crippen LogP contribution >= 0.6 is 34.3 Å². The summed E-state index contributed by atoms with van der Waals surface area (Å²) in [6.45, 7) is 0.357. The van der Waals surface area contributed by atoms with E-state index < -0.39 is 0 Å². The number of carbonyl (C=O) groups excluding carboxylic acids is 1. The van der Waals surface area contributed by atoms with Crippen molar-refractivity contribution in [2.24, 2.45) is 0 Å². The number of rotatable bonds is 7. The molecule has 4 aromatic heterocycles. The lowest BCUT2D eigenvalue weighted by atomic mass is 10.3. The van der Waals surface area contributed by atoms with E-state index in [1.807, 2.05) is 29.6 Å². The monoisotopic (exact) mass is 442 g/mol. The summed E-state index contributed by atoms with van der Waals surface area (Å²) in [6, 6.07) is 11.0. The van der Waals surface area contributed by atoms with Crippen LogP contribution in [0.15, 0.2) is 60.4 Å². The zero-order valence-electron chi connectivity index (χ0n) is 15.0. The normalized spacial score (nSPS) is 10.7. The molecule has 0 fully saturated rings. The number of anilines is 1. The summed E-state index contributed by atoms with van der Waals surface area (Å²) in [7, 11) is 0. The van der Waals surface area contributed by atoms with Crippen LogP contribution in [-0.4, -0.2) is 20.9 Å². The van der Waals surface area contributed by atoms with Crippen LogP contribution in [0.4, 0.5) is 5.82 Å². The van der Waals surface area contributed by atoms with Gasteiger partial charge in [-0.15, -0.1) is 22.7 Å². The Bertz CT molecular complexity index is 1110. The highest BCUT2D eigenvalue weighted by atomic mass is 35.5. The summed E-state index contributed by atoms with van der Waals surface area (Å²) in [5.74, 6) is 0.676. The second-order valence-corrected chi connectivity index (χ2v) is 8.54. The average Bonchev–Trinajstić information content (AvgIpc) is 3.37. The molecule has 9 heteroatoms. The molecule has 4 rings (SSSR count). The van der Waals surface area contributed by atoms with Crippen LogP contribution in [0.25, 0.3) is 9.88 Å². The van der Waals surface area contributed by atoms with Crippen molar-refractivity contribution in [3.8, 4) is 15.6 Å². The first-order valence-corrected chi connectivity index (χ1v) is 10.7. The minimum atomic E-state index is -0.210. The minimum absolute atomic E-state index is 0.149. The lowest BCUT2D eigenvalue weighted by Crippen LogP contribution is -2.16. The Hall–Kier alpha value is -2.81. The molecule has 1 amide bonds. The molecule has 146 valence electrons. The fourth-order valence-corrected chi connectivity index (χ4v) is 4.45. The summed E-state index contributed by atoms with van der Waals surface area (Å²) in [5, 5.41) is 5.53. The van der Waals surface area contributed by atoms with Crippen molar-refractivity contribution in [1.82, 2.24) is 15.0 Å². The number of halogens is 1. The van der Waals surface area contributed by atoms with Crippen molar-refractivity contribution in [3.63, 3.8) is 0 Å². The molecule has 0 saturated carbocycles. The van der Waals surface area contributed by atoms with Crippen LogP contribution in [-0.2, 0) is 17.8 Å². The number of amides is 1. The Morgan fingerprint density at radius 1 is 1.14 bits per heavy atom. The first-order chi connectivity index (χ1) is 14.2. The van der Waals surface area contributed by atoms with Gasteiger partial charge in [0.05, 0.1) is 21.3 Å². The number of pyridine rings is 2. The molecule has 6 nitrogen and oxygen atoms in total. The second-order valence-electron chi connectivity index (χ2n) is 5.97. The molecule has 0 spiro atoms. The fraction of sp³-hybridized carbons (Fsp3) is 0.100. The molecular weight excluding hydrogens is 428 g/mol. The van der Waals surface area contributed by atoms with Gasteiger partial charge in [-0.2, -0.15) is 0 Å². The van der Waals surface area contributed by atoms with Crippen LogP contribution in [0.2, 0.25) is 4.34 Å². The smallest absolute Gasteiger partial charge is 0.231 e. The Kier molecular flexibility index (Phi) is 6.14. The number of thiophene rings is 1. The quantitative estimate of drug-likeness (QED) is 0.432. The van der Waals surface area contributed by atoms with E-state index in [9.17, 15) is 4.79 Å². The van der Waals surface area contributed by atoms with Crippen molar-refractivity contribution in [1.29, 1.82) is 0 Å². The van der Waals surface area contributed by atoms with Crippen molar-refractivity contribution in [3.05, 3.63) is 76.0 Å². The molecule has 0 aliphatic carbocycles. The van der Waals surface area contributed by atoms with E-state index in [1.165, 1.54) is 22.7 Å². The van der Waals surface area contributed by atoms with Gasteiger partial charge in [0.1, 0.15) is 11.6 Å². The summed E-state index contributed by atoms with van der Waals surface area (Å²) in [5.41, 5.74) is 1.67. The van der Waals surface area contributed by atoms with Gasteiger partial charge in [-0.3, -0.25) is 9.78 Å². The third-order valence-corrected chi connectivity index (χ3v) is 6.14. The molecule has 0 radical (unpaired) electrons. The molecule has 29 heavy (non-hydrogen) atoms. The number of hydrogen-bond acceptors (Lipinski definition) is 7. The molecule has 0 aliphatic heterocycles. The largest absolute Gasteiger partial charge is 0.485 e. The van der Waals surface area contributed by atoms with E-state index in [4.69, 9.17) is 16.3 Å². The highest BCUT2D eigenvalue weighted by Crippen LogP contribution is 2.33. The van der Waals surface area contributed by atoms with E-state index in [-0.39, 0.29) is 12.3 Å². The summed E-state index contributed by atoms with van der Waals surface area (Å²) in [4.78, 5) is 26.2. The fourth-order valence-electron chi connectivity index (χ4n) is 2.51. The predicted molar refractivity (Wildman–Crippen MR) is 116 cm³/mol. The zero-order chi connectivity index (χ0) is 20.1. The summed E-state index contributed by atoms with van der Waals surface area (Å²) in [6.07, 6.45) is 5.17. The van der Waals surface area contributed by atoms with Crippen LogP contribution < -0.4 is 10.1 Å². The number of nitrogens with one attached hydrogen (secondary N) is 1. The highest BCUT2D eigenvalue weighted by molar-refractivity contribution is 7.23. The third-order valence-electron chi connectivity index (χ3n) is 3.85.